The Morgan fingerprint density at radius 3 is 2.86 bits per heavy atom. The first-order chi connectivity index (χ1) is 10.5. The zero-order valence-electron chi connectivity index (χ0n) is 14.2. The first-order valence-corrected chi connectivity index (χ1v) is 9.24. The van der Waals surface area contributed by atoms with Crippen molar-refractivity contribution in [3.05, 3.63) is 10.7 Å². The number of amides is 1. The van der Waals surface area contributed by atoms with Crippen molar-refractivity contribution in [3.63, 3.8) is 0 Å². The molecule has 0 aromatic carbocycles. The number of aromatic nitrogens is 1. The summed E-state index contributed by atoms with van der Waals surface area (Å²) in [6.45, 7) is 10.7. The Morgan fingerprint density at radius 2 is 2.23 bits per heavy atom. The van der Waals surface area contributed by atoms with E-state index >= 15 is 0 Å². The summed E-state index contributed by atoms with van der Waals surface area (Å²) in [6.07, 6.45) is 3.98. The molecule has 2 rings (SSSR count). The van der Waals surface area contributed by atoms with E-state index in [9.17, 15) is 4.79 Å². The third-order valence-corrected chi connectivity index (χ3v) is 5.23. The molecule has 0 spiro atoms. The molecule has 0 bridgehead atoms. The summed E-state index contributed by atoms with van der Waals surface area (Å²) in [7, 11) is 0. The molecule has 2 N–H and O–H groups in total. The van der Waals surface area contributed by atoms with Gasteiger partial charge in [-0.1, -0.05) is 20.8 Å². The molecule has 124 valence electrons. The van der Waals surface area contributed by atoms with Gasteiger partial charge in [0.2, 0.25) is 5.91 Å². The van der Waals surface area contributed by atoms with Gasteiger partial charge in [0.1, 0.15) is 5.00 Å². The van der Waals surface area contributed by atoms with Crippen LogP contribution in [0, 0.1) is 24.7 Å². The number of carbonyl (C=O) groups excluding carboxylic acids is 1. The zero-order valence-corrected chi connectivity index (χ0v) is 15.1. The van der Waals surface area contributed by atoms with E-state index in [4.69, 9.17) is 0 Å². The summed E-state index contributed by atoms with van der Waals surface area (Å²) in [5.41, 5.74) is 1.04. The fourth-order valence-electron chi connectivity index (χ4n) is 3.09. The first kappa shape index (κ1) is 17.4. The second kappa shape index (κ2) is 8.06. The van der Waals surface area contributed by atoms with Gasteiger partial charge in [0.25, 0.3) is 0 Å². The molecule has 1 aliphatic rings. The van der Waals surface area contributed by atoms with Gasteiger partial charge in [-0.3, -0.25) is 4.79 Å². The number of piperidine rings is 1. The van der Waals surface area contributed by atoms with Crippen LogP contribution < -0.4 is 10.6 Å². The van der Waals surface area contributed by atoms with E-state index in [2.05, 4.69) is 36.4 Å². The third kappa shape index (κ3) is 5.06. The second-order valence-electron chi connectivity index (χ2n) is 6.94. The van der Waals surface area contributed by atoms with E-state index in [1.807, 2.05) is 6.92 Å². The summed E-state index contributed by atoms with van der Waals surface area (Å²) >= 11 is 1.59. The van der Waals surface area contributed by atoms with Crippen LogP contribution >= 0.6 is 11.3 Å². The zero-order chi connectivity index (χ0) is 16.1. The van der Waals surface area contributed by atoms with Gasteiger partial charge in [-0.25, -0.2) is 4.98 Å². The van der Waals surface area contributed by atoms with E-state index < -0.39 is 0 Å². The van der Waals surface area contributed by atoms with E-state index in [0.29, 0.717) is 24.2 Å². The van der Waals surface area contributed by atoms with E-state index in [0.717, 1.165) is 35.2 Å². The normalized spacial score (nSPS) is 20.1. The average Bonchev–Trinajstić information content (AvgIpc) is 2.78. The molecule has 0 aliphatic carbocycles. The van der Waals surface area contributed by atoms with Gasteiger partial charge in [0.05, 0.1) is 10.7 Å². The highest BCUT2D eigenvalue weighted by molar-refractivity contribution is 7.16. The summed E-state index contributed by atoms with van der Waals surface area (Å²) in [5, 5.41) is 8.51. The van der Waals surface area contributed by atoms with Crippen LogP contribution in [0.2, 0.25) is 0 Å². The molecule has 1 amide bonds. The smallest absolute Gasteiger partial charge is 0.225 e. The van der Waals surface area contributed by atoms with Crippen molar-refractivity contribution in [1.29, 1.82) is 0 Å². The van der Waals surface area contributed by atoms with Crippen molar-refractivity contribution < 1.29 is 4.79 Å². The SMILES string of the molecule is Cc1nc(CC(C)C)c(NC(=O)CC(C)C2CCCNC2)s1. The molecular weight excluding hydrogens is 294 g/mol. The Bertz CT molecular complexity index is 492. The molecule has 0 radical (unpaired) electrons. The summed E-state index contributed by atoms with van der Waals surface area (Å²) < 4.78 is 0. The Hall–Kier alpha value is -0.940. The van der Waals surface area contributed by atoms with E-state index in [1.54, 1.807) is 11.3 Å². The van der Waals surface area contributed by atoms with Crippen molar-refractivity contribution in [3.8, 4) is 0 Å². The summed E-state index contributed by atoms with van der Waals surface area (Å²) in [5.74, 6) is 1.73. The van der Waals surface area contributed by atoms with Crippen molar-refractivity contribution >= 4 is 22.2 Å². The molecule has 1 fully saturated rings. The molecule has 5 heteroatoms. The fraction of sp³-hybridized carbons (Fsp3) is 0.765. The minimum Gasteiger partial charge on any atom is -0.316 e. The quantitative estimate of drug-likeness (QED) is 0.841. The van der Waals surface area contributed by atoms with Gasteiger partial charge in [0, 0.05) is 6.42 Å². The maximum Gasteiger partial charge on any atom is 0.225 e. The molecular formula is C17H29N3OS. The highest BCUT2D eigenvalue weighted by atomic mass is 32.1. The maximum absolute atomic E-state index is 12.4. The molecule has 22 heavy (non-hydrogen) atoms. The third-order valence-electron chi connectivity index (χ3n) is 4.31. The number of anilines is 1. The number of nitrogens with zero attached hydrogens (tertiary/aromatic N) is 1. The molecule has 1 aromatic rings. The lowest BCUT2D eigenvalue weighted by Crippen LogP contribution is -2.34. The lowest BCUT2D eigenvalue weighted by Gasteiger charge is -2.27. The number of thiazole rings is 1. The van der Waals surface area contributed by atoms with Crippen molar-refractivity contribution in [2.75, 3.05) is 18.4 Å². The van der Waals surface area contributed by atoms with E-state index in [1.165, 1.54) is 12.8 Å². The van der Waals surface area contributed by atoms with Crippen molar-refractivity contribution in [2.45, 2.75) is 53.4 Å². The van der Waals surface area contributed by atoms with Gasteiger partial charge in [-0.2, -0.15) is 0 Å². The predicted octanol–water partition coefficient (Wildman–Crippen LogP) is 3.61. The molecule has 1 saturated heterocycles. The molecule has 2 atom stereocenters. The van der Waals surface area contributed by atoms with Crippen LogP contribution in [0.3, 0.4) is 0 Å². The highest BCUT2D eigenvalue weighted by Crippen LogP contribution is 2.28. The minimum absolute atomic E-state index is 0.131. The van der Waals surface area contributed by atoms with Gasteiger partial charge >= 0.3 is 0 Å². The number of hydrogen-bond acceptors (Lipinski definition) is 4. The number of carbonyl (C=O) groups is 1. The Balaban J connectivity index is 1.91. The lowest BCUT2D eigenvalue weighted by molar-refractivity contribution is -0.117. The minimum atomic E-state index is 0.131. The van der Waals surface area contributed by atoms with Gasteiger partial charge in [-0.15, -0.1) is 11.3 Å². The summed E-state index contributed by atoms with van der Waals surface area (Å²) in [4.78, 5) is 16.9. The number of rotatable bonds is 6. The maximum atomic E-state index is 12.4. The summed E-state index contributed by atoms with van der Waals surface area (Å²) in [6, 6.07) is 0. The van der Waals surface area contributed by atoms with Gasteiger partial charge in [0.15, 0.2) is 0 Å². The van der Waals surface area contributed by atoms with Crippen LogP contribution in [0.5, 0.6) is 0 Å². The largest absolute Gasteiger partial charge is 0.316 e. The number of nitrogens with one attached hydrogen (secondary N) is 2. The lowest BCUT2D eigenvalue weighted by atomic mass is 9.85. The molecule has 1 aromatic heterocycles. The second-order valence-corrected chi connectivity index (χ2v) is 8.15. The van der Waals surface area contributed by atoms with Crippen molar-refractivity contribution in [2.24, 2.45) is 17.8 Å². The van der Waals surface area contributed by atoms with Crippen molar-refractivity contribution in [1.82, 2.24) is 10.3 Å². The molecule has 0 saturated carbocycles. The monoisotopic (exact) mass is 323 g/mol. The molecule has 2 heterocycles. The Morgan fingerprint density at radius 1 is 1.45 bits per heavy atom. The number of hydrogen-bond donors (Lipinski definition) is 2. The topological polar surface area (TPSA) is 54.0 Å². The Labute approximate surface area is 138 Å². The van der Waals surface area contributed by atoms with Crippen LogP contribution in [0.15, 0.2) is 0 Å². The Kier molecular flexibility index (Phi) is 6.38. The van der Waals surface area contributed by atoms with Crippen LogP contribution in [-0.2, 0) is 11.2 Å². The molecule has 4 nitrogen and oxygen atoms in total. The van der Waals surface area contributed by atoms with Gasteiger partial charge in [-0.05, 0) is 57.0 Å². The number of aryl methyl sites for hydroxylation is 1. The van der Waals surface area contributed by atoms with Gasteiger partial charge < -0.3 is 10.6 Å². The fourth-order valence-corrected chi connectivity index (χ4v) is 3.96. The molecule has 2 unspecified atom stereocenters. The average molecular weight is 324 g/mol. The van der Waals surface area contributed by atoms with Crippen LogP contribution in [-0.4, -0.2) is 24.0 Å². The standard InChI is InChI=1S/C17H29N3OS/c1-11(2)8-15-17(22-13(4)19-15)20-16(21)9-12(3)14-6-5-7-18-10-14/h11-12,14,18H,5-10H2,1-4H3,(H,20,21). The van der Waals surface area contributed by atoms with Crippen LogP contribution in [0.1, 0.15) is 50.7 Å². The highest BCUT2D eigenvalue weighted by Gasteiger charge is 2.23. The predicted molar refractivity (Wildman–Crippen MR) is 93.4 cm³/mol. The van der Waals surface area contributed by atoms with Crippen LogP contribution in [0.25, 0.3) is 0 Å². The van der Waals surface area contributed by atoms with E-state index in [-0.39, 0.29) is 5.91 Å². The first-order valence-electron chi connectivity index (χ1n) is 8.42. The van der Waals surface area contributed by atoms with Crippen LogP contribution in [0.4, 0.5) is 5.00 Å². The molecule has 1 aliphatic heterocycles.